The molecule has 0 bridgehead atoms. The second-order valence-electron chi connectivity index (χ2n) is 11.6. The highest BCUT2D eigenvalue weighted by atomic mass is 32.2. The highest BCUT2D eigenvalue weighted by molar-refractivity contribution is 7.92. The number of carbonyl (C=O) groups is 1. The lowest BCUT2D eigenvalue weighted by molar-refractivity contribution is 0.102. The van der Waals surface area contributed by atoms with Crippen molar-refractivity contribution in [2.45, 2.75) is 51.9 Å². The van der Waals surface area contributed by atoms with Gasteiger partial charge in [0.25, 0.3) is 5.91 Å². The molecule has 2 aromatic heterocycles. The van der Waals surface area contributed by atoms with E-state index in [-0.39, 0.29) is 22.8 Å². The number of anilines is 2. The predicted octanol–water partition coefficient (Wildman–Crippen LogP) is 4.78. The number of aromatic nitrogens is 5. The first kappa shape index (κ1) is 28.3. The molecule has 4 aromatic rings. The van der Waals surface area contributed by atoms with E-state index in [1.807, 2.05) is 53.2 Å². The zero-order chi connectivity index (χ0) is 29.7. The Kier molecular flexibility index (Phi) is 7.14. The summed E-state index contributed by atoms with van der Waals surface area (Å²) in [6.45, 7) is 7.94. The zero-order valence-electron chi connectivity index (χ0n) is 24.3. The zero-order valence-corrected chi connectivity index (χ0v) is 25.1. The minimum atomic E-state index is -3.60. The number of nitrogens with one attached hydrogen (secondary N) is 2. The number of benzene rings is 2. The summed E-state index contributed by atoms with van der Waals surface area (Å²) in [5.74, 6) is 1.40. The number of hydrogen-bond donors (Lipinski definition) is 2. The van der Waals surface area contributed by atoms with Crippen LogP contribution in [0.2, 0.25) is 0 Å². The first-order chi connectivity index (χ1) is 19.2. The van der Waals surface area contributed by atoms with Gasteiger partial charge in [0.2, 0.25) is 10.0 Å². The van der Waals surface area contributed by atoms with Crippen molar-refractivity contribution in [3.05, 3.63) is 65.2 Å². The molecule has 11 nitrogen and oxygen atoms in total. The number of ether oxygens (including phenoxy) is 1. The third-order valence-electron chi connectivity index (χ3n) is 7.14. The summed E-state index contributed by atoms with van der Waals surface area (Å²) in [6.07, 6.45) is 7.04. The third-order valence-corrected chi connectivity index (χ3v) is 7.73. The number of sulfonamides is 1. The second kappa shape index (κ2) is 10.3. The van der Waals surface area contributed by atoms with Gasteiger partial charge < -0.3 is 14.6 Å². The van der Waals surface area contributed by atoms with Gasteiger partial charge in [-0.3, -0.25) is 9.52 Å². The van der Waals surface area contributed by atoms with Crippen molar-refractivity contribution < 1.29 is 17.9 Å². The Morgan fingerprint density at radius 1 is 1.12 bits per heavy atom. The molecule has 1 saturated carbocycles. The van der Waals surface area contributed by atoms with Gasteiger partial charge in [0.05, 0.1) is 48.5 Å². The van der Waals surface area contributed by atoms with Crippen LogP contribution in [-0.2, 0) is 22.5 Å². The van der Waals surface area contributed by atoms with Crippen molar-refractivity contribution in [2.75, 3.05) is 23.4 Å². The SMILES string of the molecule is COc1c(NC(=O)c2ccc(C)c(-n3cc(-c4cnc(C5CC5)n4C)nn3)c2)cc(C(C)(C)C)cc1NS(C)(=O)=O. The molecule has 1 aliphatic rings. The first-order valence-electron chi connectivity index (χ1n) is 13.3. The summed E-state index contributed by atoms with van der Waals surface area (Å²) < 4.78 is 35.9. The molecule has 0 radical (unpaired) electrons. The maximum Gasteiger partial charge on any atom is 0.255 e. The quantitative estimate of drug-likeness (QED) is 0.308. The lowest BCUT2D eigenvalue weighted by Gasteiger charge is -2.24. The summed E-state index contributed by atoms with van der Waals surface area (Å²) in [5, 5.41) is 11.6. The van der Waals surface area contributed by atoms with Crippen LogP contribution in [0.1, 0.15) is 66.8 Å². The van der Waals surface area contributed by atoms with Crippen molar-refractivity contribution in [3.8, 4) is 22.8 Å². The van der Waals surface area contributed by atoms with Crippen LogP contribution in [-0.4, -0.2) is 52.2 Å². The molecule has 0 saturated heterocycles. The number of imidazole rings is 1. The van der Waals surface area contributed by atoms with E-state index in [0.29, 0.717) is 28.6 Å². The summed E-state index contributed by atoms with van der Waals surface area (Å²) in [6, 6.07) is 8.84. The Bertz CT molecular complexity index is 1740. The minimum Gasteiger partial charge on any atom is -0.492 e. The molecule has 0 aliphatic heterocycles. The second-order valence-corrected chi connectivity index (χ2v) is 13.3. The van der Waals surface area contributed by atoms with Crippen molar-refractivity contribution >= 4 is 27.3 Å². The van der Waals surface area contributed by atoms with Crippen LogP contribution in [0.4, 0.5) is 11.4 Å². The Morgan fingerprint density at radius 2 is 1.83 bits per heavy atom. The van der Waals surface area contributed by atoms with Gasteiger partial charge in [0, 0.05) is 18.5 Å². The highest BCUT2D eigenvalue weighted by Gasteiger charge is 2.29. The predicted molar refractivity (Wildman–Crippen MR) is 158 cm³/mol. The van der Waals surface area contributed by atoms with Crippen molar-refractivity contribution in [3.63, 3.8) is 0 Å². The van der Waals surface area contributed by atoms with Crippen LogP contribution in [0.15, 0.2) is 42.7 Å². The van der Waals surface area contributed by atoms with E-state index in [0.717, 1.165) is 41.7 Å². The molecule has 12 heteroatoms. The molecule has 41 heavy (non-hydrogen) atoms. The maximum absolute atomic E-state index is 13.5. The van der Waals surface area contributed by atoms with Gasteiger partial charge in [0.1, 0.15) is 11.5 Å². The number of carbonyl (C=O) groups excluding carboxylic acids is 1. The van der Waals surface area contributed by atoms with Gasteiger partial charge in [-0.2, -0.15) is 0 Å². The molecule has 2 aromatic carbocycles. The van der Waals surface area contributed by atoms with Gasteiger partial charge in [-0.05, 0) is 60.6 Å². The fourth-order valence-corrected chi connectivity index (χ4v) is 5.27. The monoisotopic (exact) mass is 577 g/mol. The van der Waals surface area contributed by atoms with Crippen LogP contribution >= 0.6 is 0 Å². The molecule has 1 aliphatic carbocycles. The smallest absolute Gasteiger partial charge is 0.255 e. The van der Waals surface area contributed by atoms with E-state index in [9.17, 15) is 13.2 Å². The standard InChI is InChI=1S/C29H35N7O4S/c1-17-8-9-19(12-24(17)36-16-23(32-34-36)25-15-30-27(35(25)5)18-10-11-18)28(37)31-21-13-20(29(2,3)4)14-22(26(21)40-6)33-41(7,38)39/h8-9,12-16,18,33H,10-11H2,1-7H3,(H,31,37). The summed E-state index contributed by atoms with van der Waals surface area (Å²) in [5.41, 5.74) is 4.67. The Hall–Kier alpha value is -4.19. The first-order valence-corrected chi connectivity index (χ1v) is 15.2. The number of hydrogen-bond acceptors (Lipinski definition) is 7. The van der Waals surface area contributed by atoms with Gasteiger partial charge in [-0.15, -0.1) is 5.10 Å². The van der Waals surface area contributed by atoms with Crippen LogP contribution in [0.25, 0.3) is 17.1 Å². The molecular formula is C29H35N7O4S. The van der Waals surface area contributed by atoms with E-state index in [2.05, 4.69) is 29.9 Å². The fourth-order valence-electron chi connectivity index (χ4n) is 4.72. The molecule has 216 valence electrons. The van der Waals surface area contributed by atoms with Crippen LogP contribution in [0, 0.1) is 6.92 Å². The van der Waals surface area contributed by atoms with Gasteiger partial charge >= 0.3 is 0 Å². The van der Waals surface area contributed by atoms with Crippen LogP contribution in [0.5, 0.6) is 5.75 Å². The average molecular weight is 578 g/mol. The Labute approximate surface area is 240 Å². The number of nitrogens with zero attached hydrogens (tertiary/aromatic N) is 5. The topological polar surface area (TPSA) is 133 Å². The van der Waals surface area contributed by atoms with Gasteiger partial charge in [0.15, 0.2) is 5.75 Å². The van der Waals surface area contributed by atoms with E-state index in [1.54, 1.807) is 28.9 Å². The van der Waals surface area contributed by atoms with Gasteiger partial charge in [-0.25, -0.2) is 18.1 Å². The molecule has 0 spiro atoms. The molecule has 0 atom stereocenters. The summed E-state index contributed by atoms with van der Waals surface area (Å²) >= 11 is 0. The molecular weight excluding hydrogens is 542 g/mol. The van der Waals surface area contributed by atoms with Crippen LogP contribution in [0.3, 0.4) is 0 Å². The lowest BCUT2D eigenvalue weighted by Crippen LogP contribution is -2.18. The fraction of sp³-hybridized carbons (Fsp3) is 0.379. The van der Waals surface area contributed by atoms with E-state index >= 15 is 0 Å². The molecule has 2 N–H and O–H groups in total. The molecule has 2 heterocycles. The maximum atomic E-state index is 13.5. The van der Waals surface area contributed by atoms with E-state index < -0.39 is 10.0 Å². The highest BCUT2D eigenvalue weighted by Crippen LogP contribution is 2.41. The Balaban J connectivity index is 1.47. The average Bonchev–Trinajstić information content (AvgIpc) is 3.48. The van der Waals surface area contributed by atoms with Crippen molar-refractivity contribution in [2.24, 2.45) is 7.05 Å². The van der Waals surface area contributed by atoms with Crippen LogP contribution < -0.4 is 14.8 Å². The van der Waals surface area contributed by atoms with Crippen molar-refractivity contribution in [1.29, 1.82) is 0 Å². The molecule has 1 fully saturated rings. The lowest BCUT2D eigenvalue weighted by atomic mass is 9.86. The number of amides is 1. The molecule has 5 rings (SSSR count). The number of rotatable bonds is 8. The minimum absolute atomic E-state index is 0.215. The Morgan fingerprint density at radius 3 is 2.46 bits per heavy atom. The third kappa shape index (κ3) is 5.97. The van der Waals surface area contributed by atoms with E-state index in [1.165, 1.54) is 7.11 Å². The molecule has 0 unspecified atom stereocenters. The summed E-state index contributed by atoms with van der Waals surface area (Å²) in [7, 11) is -0.176. The van der Waals surface area contributed by atoms with Gasteiger partial charge in [-0.1, -0.05) is 32.1 Å². The normalized spacial score (nSPS) is 13.7. The number of methoxy groups -OCH3 is 1. The summed E-state index contributed by atoms with van der Waals surface area (Å²) in [4.78, 5) is 18.1. The number of aryl methyl sites for hydroxylation is 1. The largest absolute Gasteiger partial charge is 0.492 e. The van der Waals surface area contributed by atoms with Crippen molar-refractivity contribution in [1.82, 2.24) is 24.5 Å². The molecule has 1 amide bonds. The van der Waals surface area contributed by atoms with E-state index in [4.69, 9.17) is 4.74 Å².